The molecular formula is C10H15N5O2. The topological polar surface area (TPSA) is 89.0 Å². The molecule has 0 aliphatic rings. The van der Waals surface area contributed by atoms with Gasteiger partial charge in [-0.2, -0.15) is 0 Å². The van der Waals surface area contributed by atoms with Gasteiger partial charge in [0.1, 0.15) is 12.0 Å². The van der Waals surface area contributed by atoms with Gasteiger partial charge >= 0.3 is 6.01 Å². The second kappa shape index (κ2) is 6.00. The van der Waals surface area contributed by atoms with Crippen molar-refractivity contribution in [1.29, 1.82) is 0 Å². The highest BCUT2D eigenvalue weighted by atomic mass is 16.5. The maximum absolute atomic E-state index is 5.37. The van der Waals surface area contributed by atoms with Crippen LogP contribution in [0.3, 0.4) is 0 Å². The molecule has 0 aromatic carbocycles. The first-order chi connectivity index (χ1) is 8.38. The molecule has 7 nitrogen and oxygen atoms in total. The van der Waals surface area contributed by atoms with E-state index in [2.05, 4.69) is 32.9 Å². The Hall–Kier alpha value is -1.89. The molecule has 2 N–H and O–H groups in total. The molecule has 0 spiro atoms. The van der Waals surface area contributed by atoms with E-state index < -0.39 is 0 Å². The first-order valence-electron chi connectivity index (χ1n) is 5.54. The lowest BCUT2D eigenvalue weighted by atomic mass is 10.4. The second-order valence-electron chi connectivity index (χ2n) is 3.52. The van der Waals surface area contributed by atoms with Crippen LogP contribution in [-0.4, -0.2) is 21.9 Å². The maximum Gasteiger partial charge on any atom is 0.315 e. The molecule has 17 heavy (non-hydrogen) atoms. The Morgan fingerprint density at radius 2 is 2.24 bits per heavy atom. The van der Waals surface area contributed by atoms with Gasteiger partial charge in [-0.15, -0.1) is 5.10 Å². The summed E-state index contributed by atoms with van der Waals surface area (Å²) in [6, 6.07) is 2.16. The monoisotopic (exact) mass is 237 g/mol. The fraction of sp³-hybridized carbons (Fsp3) is 0.500. The molecule has 0 amide bonds. The number of rotatable bonds is 7. The van der Waals surface area contributed by atoms with E-state index in [1.165, 1.54) is 6.26 Å². The molecule has 0 aliphatic heterocycles. The van der Waals surface area contributed by atoms with Gasteiger partial charge < -0.3 is 19.6 Å². The average molecular weight is 237 g/mol. The normalized spacial score (nSPS) is 10.6. The smallest absolute Gasteiger partial charge is 0.315 e. The maximum atomic E-state index is 5.37. The summed E-state index contributed by atoms with van der Waals surface area (Å²) in [7, 11) is 0. The molecule has 0 unspecified atom stereocenters. The van der Waals surface area contributed by atoms with Crippen molar-refractivity contribution in [2.75, 3.05) is 11.9 Å². The van der Waals surface area contributed by atoms with Gasteiger partial charge in [0, 0.05) is 6.07 Å². The molecule has 0 saturated heterocycles. The molecule has 2 aromatic rings. The van der Waals surface area contributed by atoms with Crippen molar-refractivity contribution in [2.24, 2.45) is 0 Å². The van der Waals surface area contributed by atoms with Crippen molar-refractivity contribution in [2.45, 2.75) is 26.4 Å². The molecule has 0 atom stereocenters. The molecular weight excluding hydrogens is 222 g/mol. The zero-order valence-electron chi connectivity index (χ0n) is 9.64. The van der Waals surface area contributed by atoms with E-state index in [0.717, 1.165) is 18.7 Å². The van der Waals surface area contributed by atoms with Crippen LogP contribution in [-0.2, 0) is 13.1 Å². The summed E-state index contributed by atoms with van der Waals surface area (Å²) < 4.78 is 10.1. The number of aromatic nitrogens is 3. The van der Waals surface area contributed by atoms with Crippen molar-refractivity contribution < 1.29 is 8.94 Å². The van der Waals surface area contributed by atoms with Gasteiger partial charge in [0.15, 0.2) is 0 Å². The summed E-state index contributed by atoms with van der Waals surface area (Å²) in [5.74, 6) is 0.570. The third-order valence-corrected chi connectivity index (χ3v) is 2.08. The molecule has 2 rings (SSSR count). The van der Waals surface area contributed by atoms with Gasteiger partial charge in [-0.05, 0) is 13.0 Å². The predicted molar refractivity (Wildman–Crippen MR) is 60.1 cm³/mol. The van der Waals surface area contributed by atoms with Gasteiger partial charge in [0.25, 0.3) is 0 Å². The SMILES string of the molecule is CCCNCc1nnc(NCc2ccon2)o1. The highest BCUT2D eigenvalue weighted by molar-refractivity contribution is 5.18. The van der Waals surface area contributed by atoms with Gasteiger partial charge in [-0.1, -0.05) is 17.2 Å². The molecule has 2 aromatic heterocycles. The molecule has 0 saturated carbocycles. The first-order valence-corrected chi connectivity index (χ1v) is 5.54. The van der Waals surface area contributed by atoms with Gasteiger partial charge in [-0.3, -0.25) is 0 Å². The van der Waals surface area contributed by atoms with E-state index in [4.69, 9.17) is 8.94 Å². The largest absolute Gasteiger partial charge is 0.407 e. The zero-order chi connectivity index (χ0) is 11.9. The van der Waals surface area contributed by atoms with E-state index in [0.29, 0.717) is 25.0 Å². The summed E-state index contributed by atoms with van der Waals surface area (Å²) in [4.78, 5) is 0. The first kappa shape index (κ1) is 11.6. The molecule has 2 heterocycles. The fourth-order valence-electron chi connectivity index (χ4n) is 1.26. The van der Waals surface area contributed by atoms with Gasteiger partial charge in [-0.25, -0.2) is 0 Å². The van der Waals surface area contributed by atoms with Crippen molar-refractivity contribution in [3.8, 4) is 0 Å². The Labute approximate surface area is 98.6 Å². The van der Waals surface area contributed by atoms with Crippen molar-refractivity contribution >= 4 is 6.01 Å². The van der Waals surface area contributed by atoms with Crippen LogP contribution in [0.5, 0.6) is 0 Å². The molecule has 92 valence electrons. The van der Waals surface area contributed by atoms with Crippen LogP contribution in [0.25, 0.3) is 0 Å². The average Bonchev–Trinajstić information content (AvgIpc) is 2.98. The Kier molecular flexibility index (Phi) is 4.09. The van der Waals surface area contributed by atoms with E-state index >= 15 is 0 Å². The molecule has 7 heteroatoms. The third-order valence-electron chi connectivity index (χ3n) is 2.08. The minimum Gasteiger partial charge on any atom is -0.407 e. The van der Waals surface area contributed by atoms with Crippen LogP contribution in [0.2, 0.25) is 0 Å². The number of hydrogen-bond donors (Lipinski definition) is 2. The van der Waals surface area contributed by atoms with Crippen LogP contribution >= 0.6 is 0 Å². The number of nitrogens with zero attached hydrogens (tertiary/aromatic N) is 3. The summed E-state index contributed by atoms with van der Waals surface area (Å²) in [6.45, 7) is 4.13. The van der Waals surface area contributed by atoms with Crippen molar-refractivity contribution in [3.63, 3.8) is 0 Å². The molecule has 0 fully saturated rings. The van der Waals surface area contributed by atoms with Crippen LogP contribution in [0, 0.1) is 0 Å². The standard InChI is InChI=1S/C10H15N5O2/c1-2-4-11-7-9-13-14-10(17-9)12-6-8-3-5-16-15-8/h3,5,11H,2,4,6-7H2,1H3,(H,12,14). The van der Waals surface area contributed by atoms with Crippen molar-refractivity contribution in [3.05, 3.63) is 23.9 Å². The number of anilines is 1. The van der Waals surface area contributed by atoms with Crippen LogP contribution in [0.4, 0.5) is 6.01 Å². The lowest BCUT2D eigenvalue weighted by Gasteiger charge is -1.97. The Balaban J connectivity index is 1.77. The summed E-state index contributed by atoms with van der Waals surface area (Å²) in [5.41, 5.74) is 0.786. The van der Waals surface area contributed by atoms with Gasteiger partial charge in [0.2, 0.25) is 5.89 Å². The van der Waals surface area contributed by atoms with Gasteiger partial charge in [0.05, 0.1) is 13.1 Å². The molecule has 0 aliphatic carbocycles. The quantitative estimate of drug-likeness (QED) is 0.698. The summed E-state index contributed by atoms with van der Waals surface area (Å²) >= 11 is 0. The zero-order valence-corrected chi connectivity index (χ0v) is 9.64. The highest BCUT2D eigenvalue weighted by Crippen LogP contribution is 2.06. The molecule has 0 bridgehead atoms. The number of nitrogens with one attached hydrogen (secondary N) is 2. The Bertz CT molecular complexity index is 426. The Morgan fingerprint density at radius 3 is 3.00 bits per heavy atom. The highest BCUT2D eigenvalue weighted by Gasteiger charge is 2.05. The van der Waals surface area contributed by atoms with E-state index in [1.807, 2.05) is 0 Å². The molecule has 0 radical (unpaired) electrons. The lowest BCUT2D eigenvalue weighted by molar-refractivity contribution is 0.412. The van der Waals surface area contributed by atoms with Crippen LogP contribution in [0.1, 0.15) is 24.9 Å². The van der Waals surface area contributed by atoms with E-state index in [9.17, 15) is 0 Å². The third kappa shape index (κ3) is 3.56. The minimum atomic E-state index is 0.390. The predicted octanol–water partition coefficient (Wildman–Crippen LogP) is 1.17. The Morgan fingerprint density at radius 1 is 1.29 bits per heavy atom. The van der Waals surface area contributed by atoms with E-state index in [-0.39, 0.29) is 0 Å². The summed E-state index contributed by atoms with van der Waals surface area (Å²) in [5, 5.41) is 17.7. The second-order valence-corrected chi connectivity index (χ2v) is 3.52. The van der Waals surface area contributed by atoms with Crippen LogP contribution in [0.15, 0.2) is 21.3 Å². The summed E-state index contributed by atoms with van der Waals surface area (Å²) in [6.07, 6.45) is 2.59. The number of hydrogen-bond acceptors (Lipinski definition) is 7. The lowest BCUT2D eigenvalue weighted by Crippen LogP contribution is -2.13. The van der Waals surface area contributed by atoms with Crippen LogP contribution < -0.4 is 10.6 Å². The van der Waals surface area contributed by atoms with Crippen molar-refractivity contribution in [1.82, 2.24) is 20.7 Å². The fourth-order valence-corrected chi connectivity index (χ4v) is 1.26. The minimum absolute atomic E-state index is 0.390. The van der Waals surface area contributed by atoms with E-state index in [1.54, 1.807) is 6.07 Å².